The molecule has 19 heavy (non-hydrogen) atoms. The molecule has 1 N–H and O–H groups in total. The van der Waals surface area contributed by atoms with Crippen molar-refractivity contribution < 1.29 is 9.13 Å². The standard InChI is InChI=1S/C15H21ClFNO/c1-19-13-6-4-5-12(14(13)17)9-18-11-15(10-16)7-2-3-8-15/h4-6,18H,2-3,7-11H2,1H3. The van der Waals surface area contributed by atoms with Crippen molar-refractivity contribution in [1.82, 2.24) is 5.32 Å². The first-order valence-electron chi connectivity index (χ1n) is 6.79. The minimum absolute atomic E-state index is 0.205. The largest absolute Gasteiger partial charge is 0.494 e. The predicted molar refractivity (Wildman–Crippen MR) is 76.3 cm³/mol. The van der Waals surface area contributed by atoms with Crippen LogP contribution in [0.5, 0.6) is 5.75 Å². The number of ether oxygens (including phenoxy) is 1. The van der Waals surface area contributed by atoms with Gasteiger partial charge in [0, 0.05) is 24.5 Å². The van der Waals surface area contributed by atoms with Gasteiger partial charge in [-0.2, -0.15) is 0 Å². The van der Waals surface area contributed by atoms with Crippen LogP contribution in [0.1, 0.15) is 31.2 Å². The van der Waals surface area contributed by atoms with E-state index in [4.69, 9.17) is 16.3 Å². The smallest absolute Gasteiger partial charge is 0.169 e. The quantitative estimate of drug-likeness (QED) is 0.804. The summed E-state index contributed by atoms with van der Waals surface area (Å²) in [7, 11) is 1.48. The SMILES string of the molecule is COc1cccc(CNCC2(CCl)CCCC2)c1F. The maximum absolute atomic E-state index is 14.0. The molecule has 0 amide bonds. The maximum atomic E-state index is 14.0. The summed E-state index contributed by atoms with van der Waals surface area (Å²) in [5.41, 5.74) is 0.846. The first-order valence-corrected chi connectivity index (χ1v) is 7.32. The molecule has 106 valence electrons. The van der Waals surface area contributed by atoms with Gasteiger partial charge in [0.05, 0.1) is 7.11 Å². The van der Waals surface area contributed by atoms with E-state index < -0.39 is 0 Å². The molecule has 1 aliphatic rings. The van der Waals surface area contributed by atoms with Crippen LogP contribution in [0.4, 0.5) is 4.39 Å². The lowest BCUT2D eigenvalue weighted by Crippen LogP contribution is -2.33. The van der Waals surface area contributed by atoms with Crippen molar-refractivity contribution in [2.24, 2.45) is 5.41 Å². The summed E-state index contributed by atoms with van der Waals surface area (Å²) in [5, 5.41) is 3.35. The zero-order valence-corrected chi connectivity index (χ0v) is 12.1. The number of hydrogen-bond acceptors (Lipinski definition) is 2. The minimum Gasteiger partial charge on any atom is -0.494 e. The van der Waals surface area contributed by atoms with Crippen LogP contribution in [-0.4, -0.2) is 19.5 Å². The lowest BCUT2D eigenvalue weighted by atomic mass is 9.88. The Labute approximate surface area is 119 Å². The average Bonchev–Trinajstić information content (AvgIpc) is 2.90. The monoisotopic (exact) mass is 285 g/mol. The highest BCUT2D eigenvalue weighted by molar-refractivity contribution is 6.18. The Kier molecular flexibility index (Phi) is 5.06. The maximum Gasteiger partial charge on any atom is 0.169 e. The number of alkyl halides is 1. The number of nitrogens with one attached hydrogen (secondary N) is 1. The van der Waals surface area contributed by atoms with E-state index in [-0.39, 0.29) is 11.2 Å². The van der Waals surface area contributed by atoms with Crippen molar-refractivity contribution in [2.45, 2.75) is 32.2 Å². The summed E-state index contributed by atoms with van der Waals surface area (Å²) < 4.78 is 18.9. The second kappa shape index (κ2) is 6.58. The topological polar surface area (TPSA) is 21.3 Å². The van der Waals surface area contributed by atoms with Crippen molar-refractivity contribution >= 4 is 11.6 Å². The number of hydrogen-bond donors (Lipinski definition) is 1. The van der Waals surface area contributed by atoms with Gasteiger partial charge in [-0.05, 0) is 24.3 Å². The van der Waals surface area contributed by atoms with E-state index in [1.54, 1.807) is 12.1 Å². The molecule has 0 radical (unpaired) electrons. The summed E-state index contributed by atoms with van der Waals surface area (Å²) in [6.07, 6.45) is 4.85. The fraction of sp³-hybridized carbons (Fsp3) is 0.600. The van der Waals surface area contributed by atoms with Crippen molar-refractivity contribution in [2.75, 3.05) is 19.5 Å². The van der Waals surface area contributed by atoms with E-state index in [1.807, 2.05) is 6.07 Å². The van der Waals surface area contributed by atoms with Gasteiger partial charge in [-0.1, -0.05) is 25.0 Å². The fourth-order valence-corrected chi connectivity index (χ4v) is 3.16. The number of rotatable bonds is 6. The Morgan fingerprint density at radius 3 is 2.74 bits per heavy atom. The van der Waals surface area contributed by atoms with E-state index in [9.17, 15) is 4.39 Å². The average molecular weight is 286 g/mol. The van der Waals surface area contributed by atoms with Crippen molar-refractivity contribution in [1.29, 1.82) is 0 Å². The van der Waals surface area contributed by atoms with Gasteiger partial charge in [0.1, 0.15) is 0 Å². The van der Waals surface area contributed by atoms with Crippen molar-refractivity contribution in [3.05, 3.63) is 29.6 Å². The van der Waals surface area contributed by atoms with Gasteiger partial charge in [-0.3, -0.25) is 0 Å². The van der Waals surface area contributed by atoms with Crippen LogP contribution >= 0.6 is 11.6 Å². The van der Waals surface area contributed by atoms with Gasteiger partial charge in [-0.25, -0.2) is 4.39 Å². The third-order valence-electron chi connectivity index (χ3n) is 4.03. The Bertz CT molecular complexity index is 419. The molecule has 4 heteroatoms. The molecular formula is C15H21ClFNO. The number of methoxy groups -OCH3 is 1. The van der Waals surface area contributed by atoms with Crippen molar-refractivity contribution in [3.8, 4) is 5.75 Å². The van der Waals surface area contributed by atoms with Crippen LogP contribution in [-0.2, 0) is 6.54 Å². The Balaban J connectivity index is 1.92. The Hall–Kier alpha value is -0.800. The minimum atomic E-state index is -0.274. The molecule has 0 bridgehead atoms. The molecular weight excluding hydrogens is 265 g/mol. The van der Waals surface area contributed by atoms with Crippen molar-refractivity contribution in [3.63, 3.8) is 0 Å². The number of halogens is 2. The first-order chi connectivity index (χ1) is 9.21. The molecule has 0 unspecified atom stereocenters. The molecule has 0 saturated heterocycles. The predicted octanol–water partition coefficient (Wildman–Crippen LogP) is 3.72. The van der Waals surface area contributed by atoms with Crippen LogP contribution in [0.3, 0.4) is 0 Å². The van der Waals surface area contributed by atoms with Crippen LogP contribution in [0.2, 0.25) is 0 Å². The van der Waals surface area contributed by atoms with E-state index in [2.05, 4.69) is 5.32 Å². The second-order valence-corrected chi connectivity index (χ2v) is 5.64. The summed E-state index contributed by atoms with van der Waals surface area (Å²) in [4.78, 5) is 0. The zero-order valence-electron chi connectivity index (χ0n) is 11.3. The molecule has 1 aromatic rings. The summed E-state index contributed by atoms with van der Waals surface area (Å²) in [6.45, 7) is 1.37. The third kappa shape index (κ3) is 3.40. The van der Waals surface area contributed by atoms with Gasteiger partial charge < -0.3 is 10.1 Å². The zero-order chi connectivity index (χ0) is 13.7. The highest BCUT2D eigenvalue weighted by Crippen LogP contribution is 2.38. The van der Waals surface area contributed by atoms with E-state index in [0.717, 1.165) is 6.54 Å². The number of benzene rings is 1. The molecule has 0 atom stereocenters. The molecule has 2 rings (SSSR count). The fourth-order valence-electron chi connectivity index (χ4n) is 2.80. The first kappa shape index (κ1) is 14.6. The van der Waals surface area contributed by atoms with Crippen LogP contribution in [0.25, 0.3) is 0 Å². The molecule has 1 fully saturated rings. The lowest BCUT2D eigenvalue weighted by molar-refractivity contribution is 0.318. The van der Waals surface area contributed by atoms with Gasteiger partial charge >= 0.3 is 0 Å². The van der Waals surface area contributed by atoms with Gasteiger partial charge in [-0.15, -0.1) is 11.6 Å². The molecule has 1 aromatic carbocycles. The van der Waals surface area contributed by atoms with Crippen LogP contribution < -0.4 is 10.1 Å². The summed E-state index contributed by atoms with van der Waals surface area (Å²) >= 11 is 6.09. The van der Waals surface area contributed by atoms with E-state index in [1.165, 1.54) is 32.8 Å². The van der Waals surface area contributed by atoms with Crippen LogP contribution in [0.15, 0.2) is 18.2 Å². The highest BCUT2D eigenvalue weighted by Gasteiger charge is 2.32. The van der Waals surface area contributed by atoms with Crippen LogP contribution in [0, 0.1) is 11.2 Å². The normalized spacial score (nSPS) is 17.6. The van der Waals surface area contributed by atoms with Gasteiger partial charge in [0.25, 0.3) is 0 Å². The molecule has 0 heterocycles. The summed E-state index contributed by atoms with van der Waals surface area (Å²) in [6, 6.07) is 5.23. The summed E-state index contributed by atoms with van der Waals surface area (Å²) in [5.74, 6) is 0.705. The van der Waals surface area contributed by atoms with Gasteiger partial charge in [0.15, 0.2) is 11.6 Å². The van der Waals surface area contributed by atoms with Gasteiger partial charge in [0.2, 0.25) is 0 Å². The molecule has 0 aromatic heterocycles. The second-order valence-electron chi connectivity index (χ2n) is 5.38. The highest BCUT2D eigenvalue weighted by atomic mass is 35.5. The molecule has 1 aliphatic carbocycles. The lowest BCUT2D eigenvalue weighted by Gasteiger charge is -2.26. The molecule has 0 aliphatic heterocycles. The Morgan fingerprint density at radius 1 is 1.37 bits per heavy atom. The van der Waals surface area contributed by atoms with E-state index >= 15 is 0 Å². The third-order valence-corrected chi connectivity index (χ3v) is 4.59. The molecule has 0 spiro atoms. The molecule has 2 nitrogen and oxygen atoms in total. The Morgan fingerprint density at radius 2 is 2.11 bits per heavy atom. The molecule has 1 saturated carbocycles. The van der Waals surface area contributed by atoms with E-state index in [0.29, 0.717) is 23.7 Å².